The Morgan fingerprint density at radius 1 is 1.38 bits per heavy atom. The summed E-state index contributed by atoms with van der Waals surface area (Å²) in [7, 11) is 0. The van der Waals surface area contributed by atoms with Crippen molar-refractivity contribution in [2.75, 3.05) is 19.6 Å². The number of benzene rings is 1. The summed E-state index contributed by atoms with van der Waals surface area (Å²) in [6, 6.07) is 8.04. The first-order valence-corrected chi connectivity index (χ1v) is 9.54. The number of carbonyl (C=O) groups is 1. The molecule has 1 aliphatic heterocycles. The van der Waals surface area contributed by atoms with Crippen LogP contribution in [0.25, 0.3) is 0 Å². The molecular formula is C19H25N3OS. The van der Waals surface area contributed by atoms with Gasteiger partial charge in [-0.1, -0.05) is 26.0 Å². The SMILES string of the molecule is CC(C)c1nc(CCNC(=O)c2ccc([C@@H]3CCNC3)cc2)cs1. The summed E-state index contributed by atoms with van der Waals surface area (Å²) < 4.78 is 0. The second kappa shape index (κ2) is 7.90. The third-order valence-corrected chi connectivity index (χ3v) is 5.63. The number of carbonyl (C=O) groups excluding carboxylic acids is 1. The second-order valence-corrected chi connectivity index (χ2v) is 7.54. The van der Waals surface area contributed by atoms with Crippen LogP contribution in [0.4, 0.5) is 0 Å². The van der Waals surface area contributed by atoms with Gasteiger partial charge in [-0.25, -0.2) is 4.98 Å². The van der Waals surface area contributed by atoms with E-state index in [0.717, 1.165) is 35.8 Å². The summed E-state index contributed by atoms with van der Waals surface area (Å²) in [6.07, 6.45) is 1.96. The molecule has 3 rings (SSSR count). The molecular weight excluding hydrogens is 318 g/mol. The highest BCUT2D eigenvalue weighted by Crippen LogP contribution is 2.22. The van der Waals surface area contributed by atoms with Crippen molar-refractivity contribution in [2.24, 2.45) is 0 Å². The van der Waals surface area contributed by atoms with Crippen LogP contribution in [0, 0.1) is 0 Å². The molecule has 2 N–H and O–H groups in total. The zero-order valence-electron chi connectivity index (χ0n) is 14.3. The first-order chi connectivity index (χ1) is 11.6. The van der Waals surface area contributed by atoms with Crippen LogP contribution in [0.15, 0.2) is 29.6 Å². The summed E-state index contributed by atoms with van der Waals surface area (Å²) in [6.45, 7) is 7.04. The van der Waals surface area contributed by atoms with Crippen molar-refractivity contribution in [1.82, 2.24) is 15.6 Å². The van der Waals surface area contributed by atoms with Crippen molar-refractivity contribution in [3.05, 3.63) is 51.5 Å². The maximum atomic E-state index is 12.2. The van der Waals surface area contributed by atoms with Crippen LogP contribution in [-0.2, 0) is 6.42 Å². The van der Waals surface area contributed by atoms with E-state index in [1.807, 2.05) is 12.1 Å². The van der Waals surface area contributed by atoms with Crippen molar-refractivity contribution < 1.29 is 4.79 Å². The molecule has 5 heteroatoms. The summed E-state index contributed by atoms with van der Waals surface area (Å²) in [5.74, 6) is 1.04. The van der Waals surface area contributed by atoms with Gasteiger partial charge in [-0.15, -0.1) is 11.3 Å². The molecule has 0 unspecified atom stereocenters. The minimum Gasteiger partial charge on any atom is -0.352 e. The summed E-state index contributed by atoms with van der Waals surface area (Å²) >= 11 is 1.70. The quantitative estimate of drug-likeness (QED) is 0.846. The van der Waals surface area contributed by atoms with Gasteiger partial charge in [-0.2, -0.15) is 0 Å². The summed E-state index contributed by atoms with van der Waals surface area (Å²) in [5.41, 5.74) is 3.11. The summed E-state index contributed by atoms with van der Waals surface area (Å²) in [5, 5.41) is 9.61. The zero-order chi connectivity index (χ0) is 16.9. The number of nitrogens with zero attached hydrogens (tertiary/aromatic N) is 1. The molecule has 1 aliphatic rings. The average Bonchev–Trinajstić information content (AvgIpc) is 3.27. The molecule has 24 heavy (non-hydrogen) atoms. The van der Waals surface area contributed by atoms with Crippen LogP contribution in [0.1, 0.15) is 58.7 Å². The highest BCUT2D eigenvalue weighted by molar-refractivity contribution is 7.09. The Morgan fingerprint density at radius 3 is 2.79 bits per heavy atom. The largest absolute Gasteiger partial charge is 0.352 e. The van der Waals surface area contributed by atoms with E-state index in [0.29, 0.717) is 18.4 Å². The van der Waals surface area contributed by atoms with E-state index in [-0.39, 0.29) is 5.91 Å². The fraction of sp³-hybridized carbons (Fsp3) is 0.474. The topological polar surface area (TPSA) is 54.0 Å². The third-order valence-electron chi connectivity index (χ3n) is 4.43. The zero-order valence-corrected chi connectivity index (χ0v) is 15.2. The van der Waals surface area contributed by atoms with Gasteiger partial charge < -0.3 is 10.6 Å². The molecule has 1 atom stereocenters. The first-order valence-electron chi connectivity index (χ1n) is 8.66. The van der Waals surface area contributed by atoms with Gasteiger partial charge in [0.1, 0.15) is 0 Å². The highest BCUT2D eigenvalue weighted by Gasteiger charge is 2.16. The maximum Gasteiger partial charge on any atom is 0.251 e. The molecule has 1 amide bonds. The van der Waals surface area contributed by atoms with Crippen molar-refractivity contribution in [2.45, 2.75) is 38.5 Å². The van der Waals surface area contributed by atoms with E-state index in [4.69, 9.17) is 0 Å². The van der Waals surface area contributed by atoms with Gasteiger partial charge in [0.25, 0.3) is 5.91 Å². The van der Waals surface area contributed by atoms with E-state index >= 15 is 0 Å². The van der Waals surface area contributed by atoms with Gasteiger partial charge in [0, 0.05) is 36.4 Å². The Hall–Kier alpha value is -1.72. The van der Waals surface area contributed by atoms with Gasteiger partial charge in [-0.05, 0) is 36.6 Å². The lowest BCUT2D eigenvalue weighted by Crippen LogP contribution is -2.25. The predicted molar refractivity (Wildman–Crippen MR) is 98.9 cm³/mol. The maximum absolute atomic E-state index is 12.2. The fourth-order valence-corrected chi connectivity index (χ4v) is 3.82. The molecule has 1 aromatic heterocycles. The Labute approximate surface area is 147 Å². The van der Waals surface area contributed by atoms with Crippen LogP contribution in [0.3, 0.4) is 0 Å². The minimum atomic E-state index is -0.00888. The van der Waals surface area contributed by atoms with Gasteiger partial charge in [0.05, 0.1) is 10.7 Å². The first kappa shape index (κ1) is 17.1. The Balaban J connectivity index is 1.49. The Morgan fingerprint density at radius 2 is 2.17 bits per heavy atom. The predicted octanol–water partition coefficient (Wildman–Crippen LogP) is 3.32. The molecule has 2 heterocycles. The number of hydrogen-bond acceptors (Lipinski definition) is 4. The number of aromatic nitrogens is 1. The molecule has 128 valence electrons. The number of nitrogens with one attached hydrogen (secondary N) is 2. The number of thiazole rings is 1. The van der Waals surface area contributed by atoms with Gasteiger partial charge in [0.2, 0.25) is 0 Å². The van der Waals surface area contributed by atoms with Crippen LogP contribution in [0.2, 0.25) is 0 Å². The average molecular weight is 343 g/mol. The highest BCUT2D eigenvalue weighted by atomic mass is 32.1. The van der Waals surface area contributed by atoms with E-state index in [2.05, 4.69) is 47.0 Å². The smallest absolute Gasteiger partial charge is 0.251 e. The van der Waals surface area contributed by atoms with Crippen LogP contribution in [0.5, 0.6) is 0 Å². The van der Waals surface area contributed by atoms with Crippen LogP contribution in [-0.4, -0.2) is 30.5 Å². The number of amides is 1. The normalized spacial score (nSPS) is 17.4. The molecule has 0 aliphatic carbocycles. The molecule has 0 bridgehead atoms. The lowest BCUT2D eigenvalue weighted by molar-refractivity contribution is 0.0954. The lowest BCUT2D eigenvalue weighted by Gasteiger charge is -2.10. The van der Waals surface area contributed by atoms with Crippen molar-refractivity contribution in [3.63, 3.8) is 0 Å². The molecule has 0 saturated carbocycles. The standard InChI is InChI=1S/C19H25N3OS/c1-13(2)19-22-17(12-24-19)8-10-21-18(23)15-5-3-14(4-6-15)16-7-9-20-11-16/h3-6,12-13,16,20H,7-11H2,1-2H3,(H,21,23)/t16-/m1/s1. The summed E-state index contributed by atoms with van der Waals surface area (Å²) in [4.78, 5) is 16.8. The van der Waals surface area contributed by atoms with Crippen LogP contribution >= 0.6 is 11.3 Å². The fourth-order valence-electron chi connectivity index (χ4n) is 2.95. The van der Waals surface area contributed by atoms with Crippen molar-refractivity contribution in [3.8, 4) is 0 Å². The van der Waals surface area contributed by atoms with Gasteiger partial charge in [0.15, 0.2) is 0 Å². The van der Waals surface area contributed by atoms with E-state index in [9.17, 15) is 4.79 Å². The van der Waals surface area contributed by atoms with E-state index in [1.54, 1.807) is 11.3 Å². The molecule has 2 aromatic rings. The number of rotatable bonds is 6. The van der Waals surface area contributed by atoms with E-state index < -0.39 is 0 Å². The molecule has 0 spiro atoms. The van der Waals surface area contributed by atoms with Crippen molar-refractivity contribution >= 4 is 17.2 Å². The molecule has 1 aromatic carbocycles. The van der Waals surface area contributed by atoms with E-state index in [1.165, 1.54) is 12.0 Å². The van der Waals surface area contributed by atoms with Crippen molar-refractivity contribution in [1.29, 1.82) is 0 Å². The lowest BCUT2D eigenvalue weighted by atomic mass is 9.97. The molecule has 0 radical (unpaired) electrons. The van der Waals surface area contributed by atoms with Gasteiger partial charge in [-0.3, -0.25) is 4.79 Å². The molecule has 1 saturated heterocycles. The Kier molecular flexibility index (Phi) is 5.63. The minimum absolute atomic E-state index is 0.00888. The second-order valence-electron chi connectivity index (χ2n) is 6.65. The Bertz CT molecular complexity index is 672. The number of hydrogen-bond donors (Lipinski definition) is 2. The molecule has 4 nitrogen and oxygen atoms in total. The van der Waals surface area contributed by atoms with Crippen LogP contribution < -0.4 is 10.6 Å². The molecule has 1 fully saturated rings. The monoisotopic (exact) mass is 343 g/mol. The third kappa shape index (κ3) is 4.22. The van der Waals surface area contributed by atoms with Gasteiger partial charge >= 0.3 is 0 Å².